The summed E-state index contributed by atoms with van der Waals surface area (Å²) in [5, 5.41) is 4.49. The van der Waals surface area contributed by atoms with Crippen LogP contribution in [0.2, 0.25) is 0 Å². The van der Waals surface area contributed by atoms with Crippen LogP contribution in [0.3, 0.4) is 0 Å². The zero-order valence-corrected chi connectivity index (χ0v) is 11.8. The van der Waals surface area contributed by atoms with Crippen LogP contribution in [0.15, 0.2) is 36.4 Å². The minimum atomic E-state index is 0.432. The molecule has 0 aliphatic heterocycles. The number of nitrogens with two attached hydrogens (primary N) is 1. The first-order chi connectivity index (χ1) is 9.24. The van der Waals surface area contributed by atoms with E-state index in [9.17, 15) is 0 Å². The van der Waals surface area contributed by atoms with Gasteiger partial charge in [0.25, 0.3) is 0 Å². The number of aromatic nitrogens is 2. The highest BCUT2D eigenvalue weighted by Gasteiger charge is 2.11. The molecule has 0 saturated carbocycles. The molecule has 1 atom stereocenters. The Morgan fingerprint density at radius 2 is 2.00 bits per heavy atom. The summed E-state index contributed by atoms with van der Waals surface area (Å²) in [5.41, 5.74) is 9.72. The van der Waals surface area contributed by atoms with Crippen molar-refractivity contribution in [2.24, 2.45) is 12.8 Å². The number of benzene rings is 1. The molecular formula is C16H23N3. The van der Waals surface area contributed by atoms with Crippen molar-refractivity contribution in [1.82, 2.24) is 9.78 Å². The normalized spacial score (nSPS) is 12.6. The molecule has 1 aromatic carbocycles. The van der Waals surface area contributed by atoms with Gasteiger partial charge in [-0.25, -0.2) is 0 Å². The van der Waals surface area contributed by atoms with Crippen LogP contribution in [0, 0.1) is 0 Å². The molecule has 1 aromatic heterocycles. The van der Waals surface area contributed by atoms with Crippen LogP contribution in [0.4, 0.5) is 0 Å². The van der Waals surface area contributed by atoms with Crippen LogP contribution in [0.5, 0.6) is 0 Å². The summed E-state index contributed by atoms with van der Waals surface area (Å²) < 4.78 is 2.00. The third-order valence-electron chi connectivity index (χ3n) is 3.69. The molecule has 1 heterocycles. The molecule has 2 aromatic rings. The van der Waals surface area contributed by atoms with Gasteiger partial charge < -0.3 is 5.73 Å². The summed E-state index contributed by atoms with van der Waals surface area (Å²) in [6.45, 7) is 2.83. The lowest BCUT2D eigenvalue weighted by Gasteiger charge is -2.15. The first-order valence-electron chi connectivity index (χ1n) is 7.01. The summed E-state index contributed by atoms with van der Waals surface area (Å²) in [5.74, 6) is 0.432. The molecule has 0 spiro atoms. The maximum absolute atomic E-state index is 5.92. The third-order valence-corrected chi connectivity index (χ3v) is 3.69. The first kappa shape index (κ1) is 13.8. The zero-order valence-electron chi connectivity index (χ0n) is 11.8. The minimum Gasteiger partial charge on any atom is -0.330 e. The molecule has 102 valence electrons. The van der Waals surface area contributed by atoms with Crippen LogP contribution in [-0.2, 0) is 19.9 Å². The van der Waals surface area contributed by atoms with Gasteiger partial charge in [-0.05, 0) is 43.4 Å². The Hall–Kier alpha value is -1.61. The predicted octanol–water partition coefficient (Wildman–Crippen LogP) is 2.66. The van der Waals surface area contributed by atoms with Crippen molar-refractivity contribution in [2.75, 3.05) is 6.54 Å². The Morgan fingerprint density at radius 1 is 1.26 bits per heavy atom. The Labute approximate surface area is 115 Å². The van der Waals surface area contributed by atoms with Crippen molar-refractivity contribution in [3.05, 3.63) is 53.3 Å². The van der Waals surface area contributed by atoms with E-state index >= 15 is 0 Å². The summed E-state index contributed by atoms with van der Waals surface area (Å²) in [6, 6.07) is 12.7. The van der Waals surface area contributed by atoms with Crippen molar-refractivity contribution >= 4 is 0 Å². The van der Waals surface area contributed by atoms with Gasteiger partial charge in [0.15, 0.2) is 0 Å². The van der Waals surface area contributed by atoms with Gasteiger partial charge in [-0.3, -0.25) is 4.68 Å². The molecule has 19 heavy (non-hydrogen) atoms. The van der Waals surface area contributed by atoms with Gasteiger partial charge in [-0.15, -0.1) is 0 Å². The number of hydrogen-bond donors (Lipinski definition) is 1. The van der Waals surface area contributed by atoms with Crippen molar-refractivity contribution < 1.29 is 0 Å². The van der Waals surface area contributed by atoms with Crippen LogP contribution in [0.1, 0.15) is 36.2 Å². The second-order valence-electron chi connectivity index (χ2n) is 4.99. The van der Waals surface area contributed by atoms with Crippen molar-refractivity contribution in [2.45, 2.75) is 32.1 Å². The van der Waals surface area contributed by atoms with E-state index < -0.39 is 0 Å². The van der Waals surface area contributed by atoms with Crippen LogP contribution in [-0.4, -0.2) is 16.3 Å². The molecule has 0 saturated heterocycles. The molecule has 2 rings (SSSR count). The number of aryl methyl sites for hydroxylation is 3. The lowest BCUT2D eigenvalue weighted by molar-refractivity contribution is 0.602. The summed E-state index contributed by atoms with van der Waals surface area (Å²) >= 11 is 0. The van der Waals surface area contributed by atoms with E-state index in [0.717, 1.165) is 19.3 Å². The average molecular weight is 257 g/mol. The van der Waals surface area contributed by atoms with E-state index in [1.54, 1.807) is 0 Å². The van der Waals surface area contributed by atoms with Gasteiger partial charge in [-0.2, -0.15) is 5.10 Å². The molecule has 0 radical (unpaired) electrons. The molecule has 0 fully saturated rings. The summed E-state index contributed by atoms with van der Waals surface area (Å²) in [7, 11) is 2.02. The van der Waals surface area contributed by atoms with Crippen molar-refractivity contribution in [3.63, 3.8) is 0 Å². The monoisotopic (exact) mass is 257 g/mol. The summed E-state index contributed by atoms with van der Waals surface area (Å²) in [6.07, 6.45) is 3.09. The van der Waals surface area contributed by atoms with Gasteiger partial charge in [0.2, 0.25) is 0 Å². The quantitative estimate of drug-likeness (QED) is 0.864. The SMILES string of the molecule is CCc1cc(CCC(CN)c2ccccc2)n(C)n1. The van der Waals surface area contributed by atoms with Gasteiger partial charge in [0.05, 0.1) is 5.69 Å². The Balaban J connectivity index is 2.02. The van der Waals surface area contributed by atoms with E-state index in [0.29, 0.717) is 12.5 Å². The molecule has 0 amide bonds. The number of nitrogens with zero attached hydrogens (tertiary/aromatic N) is 2. The van der Waals surface area contributed by atoms with Crippen LogP contribution >= 0.6 is 0 Å². The first-order valence-corrected chi connectivity index (χ1v) is 7.01. The predicted molar refractivity (Wildman–Crippen MR) is 79.1 cm³/mol. The lowest BCUT2D eigenvalue weighted by atomic mass is 9.93. The fourth-order valence-electron chi connectivity index (χ4n) is 2.45. The zero-order chi connectivity index (χ0) is 13.7. The number of rotatable bonds is 6. The van der Waals surface area contributed by atoms with Gasteiger partial charge in [-0.1, -0.05) is 37.3 Å². The van der Waals surface area contributed by atoms with Crippen molar-refractivity contribution in [3.8, 4) is 0 Å². The highest BCUT2D eigenvalue weighted by Crippen LogP contribution is 2.20. The van der Waals surface area contributed by atoms with Crippen molar-refractivity contribution in [1.29, 1.82) is 0 Å². The largest absolute Gasteiger partial charge is 0.330 e. The third kappa shape index (κ3) is 3.44. The van der Waals surface area contributed by atoms with Crippen LogP contribution in [0.25, 0.3) is 0 Å². The van der Waals surface area contributed by atoms with E-state index in [4.69, 9.17) is 5.73 Å². The van der Waals surface area contributed by atoms with E-state index in [1.807, 2.05) is 17.8 Å². The van der Waals surface area contributed by atoms with Gasteiger partial charge in [0, 0.05) is 12.7 Å². The van der Waals surface area contributed by atoms with E-state index in [-0.39, 0.29) is 0 Å². The second kappa shape index (κ2) is 6.53. The highest BCUT2D eigenvalue weighted by atomic mass is 15.3. The lowest BCUT2D eigenvalue weighted by Crippen LogP contribution is -2.14. The molecule has 0 bridgehead atoms. The Morgan fingerprint density at radius 3 is 2.58 bits per heavy atom. The molecular weight excluding hydrogens is 234 g/mol. The summed E-state index contributed by atoms with van der Waals surface area (Å²) in [4.78, 5) is 0. The van der Waals surface area contributed by atoms with E-state index in [1.165, 1.54) is 17.0 Å². The molecule has 1 unspecified atom stereocenters. The fraction of sp³-hybridized carbons (Fsp3) is 0.438. The molecule has 0 aliphatic rings. The van der Waals surface area contributed by atoms with Crippen LogP contribution < -0.4 is 5.73 Å². The molecule has 3 nitrogen and oxygen atoms in total. The molecule has 0 aliphatic carbocycles. The van der Waals surface area contributed by atoms with E-state index in [2.05, 4.69) is 42.4 Å². The standard InChI is InChI=1S/C16H23N3/c1-3-15-11-16(19(2)18-15)10-9-14(12-17)13-7-5-4-6-8-13/h4-8,11,14H,3,9-10,12,17H2,1-2H3. The fourth-order valence-corrected chi connectivity index (χ4v) is 2.45. The highest BCUT2D eigenvalue weighted by molar-refractivity contribution is 5.20. The maximum atomic E-state index is 5.92. The topological polar surface area (TPSA) is 43.8 Å². The van der Waals surface area contributed by atoms with Gasteiger partial charge >= 0.3 is 0 Å². The molecule has 2 N–H and O–H groups in total. The number of hydrogen-bond acceptors (Lipinski definition) is 2. The Kier molecular flexibility index (Phi) is 4.74. The maximum Gasteiger partial charge on any atom is 0.0624 e. The molecule has 3 heteroatoms. The Bertz CT molecular complexity index is 502. The average Bonchev–Trinajstić information content (AvgIpc) is 2.81. The minimum absolute atomic E-state index is 0.432. The smallest absolute Gasteiger partial charge is 0.0624 e. The second-order valence-corrected chi connectivity index (χ2v) is 4.99. The van der Waals surface area contributed by atoms with Gasteiger partial charge in [0.1, 0.15) is 0 Å².